The predicted octanol–water partition coefficient (Wildman–Crippen LogP) is 0.833. The first-order chi connectivity index (χ1) is 7.40. The van der Waals surface area contributed by atoms with E-state index in [2.05, 4.69) is 10.2 Å². The minimum absolute atomic E-state index is 0.389. The van der Waals surface area contributed by atoms with Crippen LogP contribution in [0.5, 0.6) is 0 Å². The number of aliphatic hydroxyl groups is 1. The molecule has 2 aliphatic heterocycles. The van der Waals surface area contributed by atoms with E-state index in [0.717, 1.165) is 6.04 Å². The van der Waals surface area contributed by atoms with Crippen molar-refractivity contribution in [2.75, 3.05) is 32.8 Å². The van der Waals surface area contributed by atoms with Gasteiger partial charge in [-0.05, 0) is 64.2 Å². The molecule has 88 valence electrons. The number of piperidine rings is 1. The topological polar surface area (TPSA) is 35.5 Å². The third kappa shape index (κ3) is 3.16. The van der Waals surface area contributed by atoms with E-state index >= 15 is 0 Å². The Morgan fingerprint density at radius 1 is 1.07 bits per heavy atom. The Hall–Kier alpha value is -0.120. The number of hydrogen-bond donors (Lipinski definition) is 2. The predicted molar refractivity (Wildman–Crippen MR) is 61.9 cm³/mol. The van der Waals surface area contributed by atoms with E-state index in [1.54, 1.807) is 0 Å². The van der Waals surface area contributed by atoms with Gasteiger partial charge in [0.15, 0.2) is 0 Å². The van der Waals surface area contributed by atoms with Gasteiger partial charge in [0.05, 0.1) is 0 Å². The molecule has 2 rings (SSSR count). The zero-order valence-electron chi connectivity index (χ0n) is 9.62. The highest BCUT2D eigenvalue weighted by atomic mass is 16.3. The third-order valence-electron chi connectivity index (χ3n) is 3.97. The Labute approximate surface area is 92.8 Å². The second-order valence-electron chi connectivity index (χ2n) is 5.00. The van der Waals surface area contributed by atoms with Crippen molar-refractivity contribution in [3.05, 3.63) is 0 Å². The SMILES string of the molecule is OCC1CCN(C2CCCNCC2)CC1. The van der Waals surface area contributed by atoms with Gasteiger partial charge in [-0.25, -0.2) is 0 Å². The molecular weight excluding hydrogens is 188 g/mol. The van der Waals surface area contributed by atoms with Gasteiger partial charge in [0.25, 0.3) is 0 Å². The van der Waals surface area contributed by atoms with Crippen molar-refractivity contribution in [3.8, 4) is 0 Å². The fourth-order valence-electron chi connectivity index (χ4n) is 2.87. The molecule has 15 heavy (non-hydrogen) atoms. The molecule has 0 saturated carbocycles. The average molecular weight is 212 g/mol. The van der Waals surface area contributed by atoms with Crippen LogP contribution >= 0.6 is 0 Å². The zero-order valence-corrected chi connectivity index (χ0v) is 9.62. The molecule has 2 heterocycles. The van der Waals surface area contributed by atoms with Crippen molar-refractivity contribution in [1.29, 1.82) is 0 Å². The molecule has 2 N–H and O–H groups in total. The first kappa shape index (κ1) is 11.4. The summed E-state index contributed by atoms with van der Waals surface area (Å²) in [5, 5.41) is 12.6. The van der Waals surface area contributed by atoms with Crippen LogP contribution < -0.4 is 5.32 Å². The van der Waals surface area contributed by atoms with Crippen molar-refractivity contribution >= 4 is 0 Å². The highest BCUT2D eigenvalue weighted by Crippen LogP contribution is 2.22. The second-order valence-corrected chi connectivity index (χ2v) is 5.00. The maximum Gasteiger partial charge on any atom is 0.0460 e. The standard InChI is InChI=1S/C12H24N2O/c15-10-11-4-8-14(9-5-11)12-2-1-6-13-7-3-12/h11-13,15H,1-10H2. The summed E-state index contributed by atoms with van der Waals surface area (Å²) < 4.78 is 0. The quantitative estimate of drug-likeness (QED) is 0.712. The van der Waals surface area contributed by atoms with Crippen molar-refractivity contribution in [2.45, 2.75) is 38.1 Å². The molecule has 0 amide bonds. The Bertz CT molecular complexity index is 170. The van der Waals surface area contributed by atoms with Gasteiger partial charge in [-0.15, -0.1) is 0 Å². The number of likely N-dealkylation sites (tertiary alicyclic amines) is 1. The number of nitrogens with one attached hydrogen (secondary N) is 1. The van der Waals surface area contributed by atoms with Gasteiger partial charge < -0.3 is 15.3 Å². The lowest BCUT2D eigenvalue weighted by Crippen LogP contribution is -2.42. The Kier molecular flexibility index (Phi) is 4.42. The Morgan fingerprint density at radius 2 is 1.87 bits per heavy atom. The largest absolute Gasteiger partial charge is 0.396 e. The summed E-state index contributed by atoms with van der Waals surface area (Å²) in [6, 6.07) is 0.805. The van der Waals surface area contributed by atoms with Crippen LogP contribution in [-0.4, -0.2) is 48.8 Å². The molecule has 0 aromatic carbocycles. The molecule has 3 heteroatoms. The van der Waals surface area contributed by atoms with E-state index in [1.807, 2.05) is 0 Å². The van der Waals surface area contributed by atoms with E-state index in [4.69, 9.17) is 5.11 Å². The fraction of sp³-hybridized carbons (Fsp3) is 1.00. The molecule has 0 aromatic heterocycles. The maximum absolute atomic E-state index is 9.10. The van der Waals surface area contributed by atoms with E-state index in [9.17, 15) is 0 Å². The molecule has 0 radical (unpaired) electrons. The zero-order chi connectivity index (χ0) is 10.5. The number of rotatable bonds is 2. The summed E-state index contributed by atoms with van der Waals surface area (Å²) in [6.07, 6.45) is 6.38. The van der Waals surface area contributed by atoms with Crippen molar-refractivity contribution in [2.24, 2.45) is 5.92 Å². The molecule has 0 aliphatic carbocycles. The molecule has 2 fully saturated rings. The van der Waals surface area contributed by atoms with Gasteiger partial charge in [0, 0.05) is 12.6 Å². The molecule has 0 aromatic rings. The van der Waals surface area contributed by atoms with Gasteiger partial charge in [-0.2, -0.15) is 0 Å². The lowest BCUT2D eigenvalue weighted by atomic mass is 9.95. The van der Waals surface area contributed by atoms with Crippen LogP contribution in [0.3, 0.4) is 0 Å². The summed E-state index contributed by atoms with van der Waals surface area (Å²) in [5.41, 5.74) is 0. The van der Waals surface area contributed by atoms with Crippen LogP contribution in [0, 0.1) is 5.92 Å². The first-order valence-electron chi connectivity index (χ1n) is 6.46. The third-order valence-corrected chi connectivity index (χ3v) is 3.97. The molecule has 1 atom stereocenters. The van der Waals surface area contributed by atoms with Crippen molar-refractivity contribution < 1.29 is 5.11 Å². The Balaban J connectivity index is 1.78. The number of nitrogens with zero attached hydrogens (tertiary/aromatic N) is 1. The van der Waals surface area contributed by atoms with Crippen LogP contribution in [-0.2, 0) is 0 Å². The van der Waals surface area contributed by atoms with E-state index in [1.165, 1.54) is 58.3 Å². The van der Waals surface area contributed by atoms with Crippen molar-refractivity contribution in [1.82, 2.24) is 10.2 Å². The number of hydrogen-bond acceptors (Lipinski definition) is 3. The summed E-state index contributed by atoms with van der Waals surface area (Å²) >= 11 is 0. The monoisotopic (exact) mass is 212 g/mol. The molecule has 3 nitrogen and oxygen atoms in total. The molecule has 1 unspecified atom stereocenters. The second kappa shape index (κ2) is 5.83. The lowest BCUT2D eigenvalue weighted by Gasteiger charge is -2.36. The smallest absolute Gasteiger partial charge is 0.0460 e. The molecule has 2 aliphatic rings. The Morgan fingerprint density at radius 3 is 2.60 bits per heavy atom. The van der Waals surface area contributed by atoms with Gasteiger partial charge in [-0.3, -0.25) is 0 Å². The van der Waals surface area contributed by atoms with Crippen LogP contribution in [0.15, 0.2) is 0 Å². The summed E-state index contributed by atoms with van der Waals surface area (Å²) in [4.78, 5) is 2.65. The first-order valence-corrected chi connectivity index (χ1v) is 6.46. The van der Waals surface area contributed by atoms with Crippen LogP contribution in [0.1, 0.15) is 32.1 Å². The average Bonchev–Trinajstić information content (AvgIpc) is 2.58. The highest BCUT2D eigenvalue weighted by Gasteiger charge is 2.24. The molecule has 0 bridgehead atoms. The summed E-state index contributed by atoms with van der Waals surface area (Å²) in [7, 11) is 0. The molecule has 0 spiro atoms. The van der Waals surface area contributed by atoms with Gasteiger partial charge >= 0.3 is 0 Å². The lowest BCUT2D eigenvalue weighted by molar-refractivity contribution is 0.0948. The van der Waals surface area contributed by atoms with E-state index in [0.29, 0.717) is 12.5 Å². The summed E-state index contributed by atoms with van der Waals surface area (Å²) in [5.74, 6) is 0.574. The highest BCUT2D eigenvalue weighted by molar-refractivity contribution is 4.80. The summed E-state index contributed by atoms with van der Waals surface area (Å²) in [6.45, 7) is 5.18. The van der Waals surface area contributed by atoms with Gasteiger partial charge in [0.2, 0.25) is 0 Å². The maximum atomic E-state index is 9.10. The van der Waals surface area contributed by atoms with E-state index < -0.39 is 0 Å². The van der Waals surface area contributed by atoms with Crippen LogP contribution in [0.4, 0.5) is 0 Å². The minimum Gasteiger partial charge on any atom is -0.396 e. The minimum atomic E-state index is 0.389. The molecular formula is C12H24N2O. The van der Waals surface area contributed by atoms with Crippen molar-refractivity contribution in [3.63, 3.8) is 0 Å². The molecule has 2 saturated heterocycles. The fourth-order valence-corrected chi connectivity index (χ4v) is 2.87. The van der Waals surface area contributed by atoms with Gasteiger partial charge in [0.1, 0.15) is 0 Å². The normalized spacial score (nSPS) is 31.4. The van der Waals surface area contributed by atoms with Crippen LogP contribution in [0.25, 0.3) is 0 Å². The van der Waals surface area contributed by atoms with Crippen LogP contribution in [0.2, 0.25) is 0 Å². The van der Waals surface area contributed by atoms with E-state index in [-0.39, 0.29) is 0 Å². The number of aliphatic hydroxyl groups excluding tert-OH is 1. The van der Waals surface area contributed by atoms with Gasteiger partial charge in [-0.1, -0.05) is 0 Å².